The van der Waals surface area contributed by atoms with Crippen molar-refractivity contribution >= 4 is 23.1 Å². The van der Waals surface area contributed by atoms with Gasteiger partial charge in [0.1, 0.15) is 11.3 Å². The van der Waals surface area contributed by atoms with Crippen LogP contribution in [0.3, 0.4) is 0 Å². The monoisotopic (exact) mass is 288 g/mol. The number of benzene rings is 1. The Hall–Kier alpha value is -2.08. The molecule has 2 heterocycles. The van der Waals surface area contributed by atoms with Crippen molar-refractivity contribution < 1.29 is 4.39 Å². The smallest absolute Gasteiger partial charge is 0.213 e. The molecular formula is C14H13FN4S. The van der Waals surface area contributed by atoms with Gasteiger partial charge < -0.3 is 0 Å². The lowest BCUT2D eigenvalue weighted by Gasteiger charge is -2.10. The van der Waals surface area contributed by atoms with E-state index in [4.69, 9.17) is 12.2 Å². The number of hydrogen-bond donors (Lipinski definition) is 2. The molecule has 0 fully saturated rings. The minimum absolute atomic E-state index is 0.194. The normalized spacial score (nSPS) is 11.4. The molecule has 0 spiro atoms. The van der Waals surface area contributed by atoms with Crippen molar-refractivity contribution in [3.63, 3.8) is 0 Å². The molecule has 0 saturated heterocycles. The summed E-state index contributed by atoms with van der Waals surface area (Å²) in [5, 5.41) is 6.38. The maximum atomic E-state index is 14.0. The molecule has 6 heteroatoms. The van der Waals surface area contributed by atoms with E-state index in [1.54, 1.807) is 6.07 Å². The number of para-hydroxylation sites is 1. The maximum Gasteiger partial charge on any atom is 0.213 e. The molecule has 0 aliphatic rings. The molecule has 0 bridgehead atoms. The van der Waals surface area contributed by atoms with Crippen molar-refractivity contribution in [2.45, 2.75) is 19.8 Å². The van der Waals surface area contributed by atoms with Crippen LogP contribution in [0.2, 0.25) is 0 Å². The number of rotatable bonds is 2. The van der Waals surface area contributed by atoms with Crippen LogP contribution in [0.5, 0.6) is 0 Å². The SMILES string of the molecule is CC(C)c1cc(-c2nc(=S)[nH][nH]2)c2cccc(F)c2n1. The standard InChI is InChI=1S/C14H13FN4S/c1-7(2)11-6-9(13-17-14(20)19-18-13)8-4-3-5-10(15)12(8)16-11/h3-7H,1-2H3,(H2,17,18,19,20). The lowest BCUT2D eigenvalue weighted by molar-refractivity contribution is 0.635. The van der Waals surface area contributed by atoms with Crippen molar-refractivity contribution in [2.75, 3.05) is 0 Å². The lowest BCUT2D eigenvalue weighted by atomic mass is 10.0. The molecule has 20 heavy (non-hydrogen) atoms. The molecule has 2 N–H and O–H groups in total. The van der Waals surface area contributed by atoms with E-state index in [2.05, 4.69) is 20.2 Å². The summed E-state index contributed by atoms with van der Waals surface area (Å²) in [6, 6.07) is 6.83. The Bertz CT molecular complexity index is 835. The topological polar surface area (TPSA) is 57.4 Å². The molecule has 2 aromatic heterocycles. The van der Waals surface area contributed by atoms with E-state index in [0.717, 1.165) is 11.3 Å². The van der Waals surface area contributed by atoms with Gasteiger partial charge in [-0.2, -0.15) is 4.98 Å². The predicted octanol–water partition coefficient (Wildman–Crippen LogP) is 3.94. The molecule has 102 valence electrons. The average Bonchev–Trinajstić information content (AvgIpc) is 2.84. The molecule has 1 aromatic carbocycles. The number of fused-ring (bicyclic) bond motifs is 1. The molecule has 3 rings (SSSR count). The summed E-state index contributed by atoms with van der Waals surface area (Å²) >= 11 is 4.98. The van der Waals surface area contributed by atoms with Gasteiger partial charge in [-0.25, -0.2) is 9.37 Å². The van der Waals surface area contributed by atoms with Gasteiger partial charge in [0.2, 0.25) is 4.77 Å². The van der Waals surface area contributed by atoms with Gasteiger partial charge in [-0.15, -0.1) is 0 Å². The zero-order valence-electron chi connectivity index (χ0n) is 11.1. The molecule has 0 amide bonds. The van der Waals surface area contributed by atoms with Gasteiger partial charge in [0.25, 0.3) is 0 Å². The van der Waals surface area contributed by atoms with Gasteiger partial charge in [-0.05, 0) is 30.3 Å². The van der Waals surface area contributed by atoms with Crippen LogP contribution in [0, 0.1) is 10.6 Å². The Labute approximate surface area is 120 Å². The first-order valence-electron chi connectivity index (χ1n) is 6.30. The maximum absolute atomic E-state index is 14.0. The highest BCUT2D eigenvalue weighted by atomic mass is 32.1. The van der Waals surface area contributed by atoms with Crippen molar-refractivity contribution in [3.05, 3.63) is 40.5 Å². The Morgan fingerprint density at radius 1 is 1.20 bits per heavy atom. The second kappa shape index (κ2) is 4.79. The highest BCUT2D eigenvalue weighted by molar-refractivity contribution is 7.71. The van der Waals surface area contributed by atoms with Gasteiger partial charge in [-0.1, -0.05) is 26.0 Å². The summed E-state index contributed by atoms with van der Waals surface area (Å²) in [6.07, 6.45) is 0. The van der Waals surface area contributed by atoms with E-state index in [0.29, 0.717) is 21.5 Å². The third-order valence-corrected chi connectivity index (χ3v) is 3.35. The van der Waals surface area contributed by atoms with Gasteiger partial charge >= 0.3 is 0 Å². The molecule has 0 radical (unpaired) electrons. The Morgan fingerprint density at radius 2 is 2.00 bits per heavy atom. The number of hydrogen-bond acceptors (Lipinski definition) is 3. The van der Waals surface area contributed by atoms with Crippen molar-refractivity contribution in [2.24, 2.45) is 0 Å². The quantitative estimate of drug-likeness (QED) is 0.702. The third-order valence-electron chi connectivity index (χ3n) is 3.16. The van der Waals surface area contributed by atoms with Crippen molar-refractivity contribution in [3.8, 4) is 11.4 Å². The van der Waals surface area contributed by atoms with Crippen LogP contribution < -0.4 is 0 Å². The highest BCUT2D eigenvalue weighted by Crippen LogP contribution is 2.29. The zero-order chi connectivity index (χ0) is 14.3. The lowest BCUT2D eigenvalue weighted by Crippen LogP contribution is -1.97. The molecule has 4 nitrogen and oxygen atoms in total. The van der Waals surface area contributed by atoms with E-state index in [1.165, 1.54) is 6.07 Å². The number of nitrogens with zero attached hydrogens (tertiary/aromatic N) is 2. The fraction of sp³-hybridized carbons (Fsp3) is 0.214. The van der Waals surface area contributed by atoms with Crippen LogP contribution in [-0.4, -0.2) is 20.2 Å². The van der Waals surface area contributed by atoms with E-state index in [-0.39, 0.29) is 11.7 Å². The molecule has 0 unspecified atom stereocenters. The van der Waals surface area contributed by atoms with Crippen LogP contribution in [0.1, 0.15) is 25.5 Å². The first-order valence-corrected chi connectivity index (χ1v) is 6.71. The number of halogens is 1. The summed E-state index contributed by atoms with van der Waals surface area (Å²) < 4.78 is 14.4. The Morgan fingerprint density at radius 3 is 2.65 bits per heavy atom. The van der Waals surface area contributed by atoms with E-state index < -0.39 is 0 Å². The molecule has 0 saturated carbocycles. The molecule has 0 aliphatic carbocycles. The molecule has 0 atom stereocenters. The molecule has 0 aliphatic heterocycles. The van der Waals surface area contributed by atoms with Gasteiger partial charge in [0.05, 0.1) is 0 Å². The van der Waals surface area contributed by atoms with Crippen LogP contribution in [0.15, 0.2) is 24.3 Å². The summed E-state index contributed by atoms with van der Waals surface area (Å²) in [4.78, 5) is 8.63. The summed E-state index contributed by atoms with van der Waals surface area (Å²) in [6.45, 7) is 4.04. The predicted molar refractivity (Wildman–Crippen MR) is 78.6 cm³/mol. The number of aromatic nitrogens is 4. The number of pyridine rings is 1. The average molecular weight is 288 g/mol. The Balaban J connectivity index is 2.39. The van der Waals surface area contributed by atoms with E-state index in [9.17, 15) is 4.39 Å². The number of nitrogens with one attached hydrogen (secondary N) is 2. The summed E-state index contributed by atoms with van der Waals surface area (Å²) in [5.74, 6) is 0.454. The minimum Gasteiger partial charge on any atom is -0.282 e. The summed E-state index contributed by atoms with van der Waals surface area (Å²) in [7, 11) is 0. The van der Waals surface area contributed by atoms with E-state index >= 15 is 0 Å². The fourth-order valence-electron chi connectivity index (χ4n) is 2.12. The number of aromatic amines is 2. The minimum atomic E-state index is -0.333. The van der Waals surface area contributed by atoms with Gasteiger partial charge in [0.15, 0.2) is 5.82 Å². The van der Waals surface area contributed by atoms with Gasteiger partial charge in [-0.3, -0.25) is 10.2 Å². The third kappa shape index (κ3) is 2.12. The van der Waals surface area contributed by atoms with Crippen LogP contribution in [0.25, 0.3) is 22.3 Å². The van der Waals surface area contributed by atoms with Crippen LogP contribution in [0.4, 0.5) is 4.39 Å². The fourth-order valence-corrected chi connectivity index (χ4v) is 2.26. The summed E-state index contributed by atoms with van der Waals surface area (Å²) in [5.41, 5.74) is 1.97. The first-order chi connectivity index (χ1) is 9.56. The highest BCUT2D eigenvalue weighted by Gasteiger charge is 2.14. The Kier molecular flexibility index (Phi) is 3.10. The molecule has 3 aromatic rings. The second-order valence-corrected chi connectivity index (χ2v) is 5.29. The zero-order valence-corrected chi connectivity index (χ0v) is 11.9. The van der Waals surface area contributed by atoms with E-state index in [1.807, 2.05) is 26.0 Å². The van der Waals surface area contributed by atoms with Gasteiger partial charge in [0, 0.05) is 16.6 Å². The largest absolute Gasteiger partial charge is 0.282 e. The second-order valence-electron chi connectivity index (χ2n) is 4.90. The number of H-pyrrole nitrogens is 2. The van der Waals surface area contributed by atoms with Crippen molar-refractivity contribution in [1.29, 1.82) is 0 Å². The van der Waals surface area contributed by atoms with Crippen molar-refractivity contribution in [1.82, 2.24) is 20.2 Å². The van der Waals surface area contributed by atoms with Crippen LogP contribution >= 0.6 is 12.2 Å². The molecular weight excluding hydrogens is 275 g/mol. The first kappa shape index (κ1) is 12.9. The van der Waals surface area contributed by atoms with Crippen LogP contribution in [-0.2, 0) is 0 Å².